The van der Waals surface area contributed by atoms with Crippen molar-refractivity contribution in [1.29, 1.82) is 5.26 Å². The van der Waals surface area contributed by atoms with Gasteiger partial charge in [-0.15, -0.1) is 0 Å². The Labute approximate surface area is 91.0 Å². The van der Waals surface area contributed by atoms with Gasteiger partial charge in [-0.3, -0.25) is 0 Å². The smallest absolute Gasteiger partial charge is 0.0683 e. The molecule has 0 spiro atoms. The fraction of sp³-hybridized carbons (Fsp3) is 0.909. The van der Waals surface area contributed by atoms with Crippen molar-refractivity contribution < 1.29 is 4.74 Å². The first-order chi connectivity index (χ1) is 6.64. The van der Waals surface area contributed by atoms with Crippen molar-refractivity contribution >= 4 is 11.8 Å². The molecule has 2 nitrogen and oxygen atoms in total. The second-order valence-electron chi connectivity index (χ2n) is 4.48. The average molecular weight is 213 g/mol. The predicted octanol–water partition coefficient (Wildman–Crippen LogP) is 2.84. The van der Waals surface area contributed by atoms with Crippen molar-refractivity contribution in [2.45, 2.75) is 38.4 Å². The molecule has 80 valence electrons. The van der Waals surface area contributed by atoms with Crippen molar-refractivity contribution in [2.24, 2.45) is 5.41 Å². The third-order valence-corrected chi connectivity index (χ3v) is 3.73. The van der Waals surface area contributed by atoms with Crippen LogP contribution >= 0.6 is 11.8 Å². The summed E-state index contributed by atoms with van der Waals surface area (Å²) in [4.78, 5) is 0. The van der Waals surface area contributed by atoms with E-state index in [-0.39, 0.29) is 5.41 Å². The zero-order valence-electron chi connectivity index (χ0n) is 9.08. The van der Waals surface area contributed by atoms with Crippen LogP contribution in [0.3, 0.4) is 0 Å². The van der Waals surface area contributed by atoms with Crippen LogP contribution in [0, 0.1) is 16.7 Å². The lowest BCUT2D eigenvalue weighted by Crippen LogP contribution is -2.30. The number of hydrogen-bond donors (Lipinski definition) is 0. The monoisotopic (exact) mass is 213 g/mol. The Balaban J connectivity index is 1.91. The highest BCUT2D eigenvalue weighted by molar-refractivity contribution is 8.00. The Morgan fingerprint density at radius 3 is 2.64 bits per heavy atom. The number of nitriles is 1. The molecule has 1 aliphatic heterocycles. The Morgan fingerprint density at radius 1 is 1.43 bits per heavy atom. The van der Waals surface area contributed by atoms with Crippen LogP contribution in [-0.2, 0) is 4.74 Å². The summed E-state index contributed by atoms with van der Waals surface area (Å²) in [6.07, 6.45) is 3.42. The number of nitrogens with zero attached hydrogens (tertiary/aromatic N) is 1. The van der Waals surface area contributed by atoms with Crippen molar-refractivity contribution in [3.05, 3.63) is 0 Å². The van der Waals surface area contributed by atoms with E-state index < -0.39 is 0 Å². The second kappa shape index (κ2) is 5.63. The third-order valence-electron chi connectivity index (χ3n) is 2.46. The Bertz CT molecular complexity index is 206. The second-order valence-corrected chi connectivity index (χ2v) is 5.89. The lowest BCUT2D eigenvalue weighted by molar-refractivity contribution is 0.0455. The molecule has 3 heteroatoms. The highest BCUT2D eigenvalue weighted by Gasteiger charge is 2.19. The van der Waals surface area contributed by atoms with Crippen molar-refractivity contribution in [1.82, 2.24) is 0 Å². The van der Waals surface area contributed by atoms with E-state index in [1.54, 1.807) is 0 Å². The molecule has 0 bridgehead atoms. The molecule has 0 unspecified atom stereocenters. The number of rotatable bonds is 6. The van der Waals surface area contributed by atoms with Crippen molar-refractivity contribution in [2.75, 3.05) is 19.0 Å². The van der Waals surface area contributed by atoms with Crippen molar-refractivity contribution in [3.8, 4) is 6.07 Å². The molecule has 0 aliphatic carbocycles. The number of hydrogen-bond acceptors (Lipinski definition) is 3. The van der Waals surface area contributed by atoms with Gasteiger partial charge in [0.2, 0.25) is 0 Å². The first-order valence-electron chi connectivity index (χ1n) is 5.25. The third kappa shape index (κ3) is 4.34. The molecule has 0 amide bonds. The Kier molecular flexibility index (Phi) is 4.77. The molecule has 1 saturated heterocycles. The minimum absolute atomic E-state index is 0.135. The summed E-state index contributed by atoms with van der Waals surface area (Å²) in [5.41, 5.74) is -0.135. The minimum atomic E-state index is -0.135. The highest BCUT2D eigenvalue weighted by atomic mass is 32.2. The standard InChI is InChI=1S/C11H19NOS/c1-11(2,9-12)5-3-4-6-14-10-7-13-8-10/h10H,3-8H2,1-2H3. The van der Waals surface area contributed by atoms with E-state index in [9.17, 15) is 0 Å². The topological polar surface area (TPSA) is 33.0 Å². The van der Waals surface area contributed by atoms with Gasteiger partial charge in [-0.25, -0.2) is 0 Å². The highest BCUT2D eigenvalue weighted by Crippen LogP contribution is 2.24. The van der Waals surface area contributed by atoms with Crippen LogP contribution in [0.15, 0.2) is 0 Å². The fourth-order valence-corrected chi connectivity index (χ4v) is 2.37. The van der Waals surface area contributed by atoms with E-state index in [0.29, 0.717) is 0 Å². The van der Waals surface area contributed by atoms with Gasteiger partial charge in [-0.2, -0.15) is 17.0 Å². The van der Waals surface area contributed by atoms with Crippen molar-refractivity contribution in [3.63, 3.8) is 0 Å². The van der Waals surface area contributed by atoms with Crippen LogP contribution < -0.4 is 0 Å². The van der Waals surface area contributed by atoms with E-state index in [1.807, 2.05) is 25.6 Å². The minimum Gasteiger partial charge on any atom is -0.379 e. The summed E-state index contributed by atoms with van der Waals surface area (Å²) in [6, 6.07) is 2.34. The largest absolute Gasteiger partial charge is 0.379 e. The molecule has 0 radical (unpaired) electrons. The van der Waals surface area contributed by atoms with E-state index in [0.717, 1.165) is 24.9 Å². The summed E-state index contributed by atoms with van der Waals surface area (Å²) in [5.74, 6) is 1.22. The number of unbranched alkanes of at least 4 members (excludes halogenated alkanes) is 1. The summed E-state index contributed by atoms with van der Waals surface area (Å²) < 4.78 is 5.10. The van der Waals surface area contributed by atoms with Gasteiger partial charge in [-0.1, -0.05) is 6.42 Å². The predicted molar refractivity (Wildman–Crippen MR) is 60.3 cm³/mol. The molecule has 0 aromatic heterocycles. The summed E-state index contributed by atoms with van der Waals surface area (Å²) in [5, 5.41) is 9.56. The maximum absolute atomic E-state index is 8.81. The molecule has 14 heavy (non-hydrogen) atoms. The Morgan fingerprint density at radius 2 is 2.14 bits per heavy atom. The van der Waals surface area contributed by atoms with E-state index in [1.165, 1.54) is 18.6 Å². The van der Waals surface area contributed by atoms with E-state index >= 15 is 0 Å². The zero-order valence-corrected chi connectivity index (χ0v) is 9.90. The van der Waals surface area contributed by atoms with Gasteiger partial charge in [0.15, 0.2) is 0 Å². The summed E-state index contributed by atoms with van der Waals surface area (Å²) in [7, 11) is 0. The quantitative estimate of drug-likeness (QED) is 0.636. The van der Waals surface area contributed by atoms with Gasteiger partial charge in [0, 0.05) is 0 Å². The van der Waals surface area contributed by atoms with Gasteiger partial charge in [-0.05, 0) is 32.4 Å². The molecule has 1 heterocycles. The molecule has 1 rings (SSSR count). The van der Waals surface area contributed by atoms with Gasteiger partial charge in [0.25, 0.3) is 0 Å². The lowest BCUT2D eigenvalue weighted by Gasteiger charge is -2.25. The zero-order chi connectivity index (χ0) is 10.4. The van der Waals surface area contributed by atoms with Crippen LogP contribution in [-0.4, -0.2) is 24.2 Å². The van der Waals surface area contributed by atoms with Gasteiger partial charge in [0.1, 0.15) is 0 Å². The molecule has 1 fully saturated rings. The lowest BCUT2D eigenvalue weighted by atomic mass is 9.89. The number of thioether (sulfide) groups is 1. The van der Waals surface area contributed by atoms with Crippen LogP contribution in [0.2, 0.25) is 0 Å². The normalized spacial score (nSPS) is 17.5. The SMILES string of the molecule is CC(C)(C#N)CCCCSC1COC1. The van der Waals surface area contributed by atoms with E-state index in [2.05, 4.69) is 6.07 Å². The molecule has 0 saturated carbocycles. The van der Waals surface area contributed by atoms with Crippen LogP contribution in [0.25, 0.3) is 0 Å². The summed E-state index contributed by atoms with van der Waals surface area (Å²) in [6.45, 7) is 5.91. The molecule has 0 N–H and O–H groups in total. The maximum Gasteiger partial charge on any atom is 0.0683 e. The van der Waals surface area contributed by atoms with Crippen LogP contribution in [0.5, 0.6) is 0 Å². The van der Waals surface area contributed by atoms with Crippen LogP contribution in [0.1, 0.15) is 33.1 Å². The van der Waals surface area contributed by atoms with Gasteiger partial charge >= 0.3 is 0 Å². The van der Waals surface area contributed by atoms with Crippen LogP contribution in [0.4, 0.5) is 0 Å². The Hall–Kier alpha value is -0.200. The molecule has 1 aliphatic rings. The first-order valence-corrected chi connectivity index (χ1v) is 6.29. The van der Waals surface area contributed by atoms with E-state index in [4.69, 9.17) is 10.00 Å². The number of ether oxygens (including phenoxy) is 1. The molecule has 0 atom stereocenters. The summed E-state index contributed by atoms with van der Waals surface area (Å²) >= 11 is 2.01. The molecular formula is C11H19NOS. The first kappa shape index (κ1) is 11.9. The fourth-order valence-electron chi connectivity index (χ4n) is 1.29. The molecule has 0 aromatic rings. The maximum atomic E-state index is 8.81. The van der Waals surface area contributed by atoms with Gasteiger partial charge in [0.05, 0.1) is 29.9 Å². The average Bonchev–Trinajstić information content (AvgIpc) is 2.08. The molecule has 0 aromatic carbocycles. The molecular weight excluding hydrogens is 194 g/mol. The van der Waals surface area contributed by atoms with Gasteiger partial charge < -0.3 is 4.74 Å².